The molecule has 1 aromatic carbocycles. The van der Waals surface area contributed by atoms with E-state index in [2.05, 4.69) is 5.32 Å². The van der Waals surface area contributed by atoms with Crippen LogP contribution < -0.4 is 5.32 Å². The summed E-state index contributed by atoms with van der Waals surface area (Å²) in [6, 6.07) is 5.99. The number of carbonyl (C=O) groups excluding carboxylic acids is 2. The van der Waals surface area contributed by atoms with Gasteiger partial charge in [-0.25, -0.2) is 4.79 Å². The van der Waals surface area contributed by atoms with Crippen LogP contribution in [0.4, 0.5) is 5.00 Å². The van der Waals surface area contributed by atoms with Gasteiger partial charge in [-0.05, 0) is 56.1 Å². The molecule has 5 nitrogen and oxygen atoms in total. The van der Waals surface area contributed by atoms with Crippen LogP contribution in [0.15, 0.2) is 23.1 Å². The number of thioether (sulfide) groups is 1. The van der Waals surface area contributed by atoms with Crippen molar-refractivity contribution in [3.05, 3.63) is 45.3 Å². The number of rotatable bonds is 6. The summed E-state index contributed by atoms with van der Waals surface area (Å²) < 4.78 is 5.05. The van der Waals surface area contributed by atoms with Crippen molar-refractivity contribution in [2.45, 2.75) is 39.0 Å². The summed E-state index contributed by atoms with van der Waals surface area (Å²) >= 11 is 2.07. The van der Waals surface area contributed by atoms with Gasteiger partial charge in [0.2, 0.25) is 5.91 Å². The Morgan fingerprint density at radius 1 is 1.31 bits per heavy atom. The number of nitrogens with zero attached hydrogens (tertiary/aromatic N) is 1. The molecule has 1 heterocycles. The minimum Gasteiger partial charge on any atom is -0.462 e. The van der Waals surface area contributed by atoms with E-state index in [1.54, 1.807) is 13.8 Å². The van der Waals surface area contributed by atoms with E-state index < -0.39 is 5.97 Å². The average Bonchev–Trinajstić information content (AvgIpc) is 2.88. The molecule has 0 saturated heterocycles. The predicted octanol–water partition coefficient (Wildman–Crippen LogP) is 4.60. The number of nitrogens with one attached hydrogen (secondary N) is 1. The van der Waals surface area contributed by atoms with Crippen molar-refractivity contribution in [1.29, 1.82) is 5.26 Å². The Labute approximate surface area is 161 Å². The highest BCUT2D eigenvalue weighted by Crippen LogP contribution is 2.40. The molecule has 7 heteroatoms. The van der Waals surface area contributed by atoms with Crippen molar-refractivity contribution < 1.29 is 14.3 Å². The van der Waals surface area contributed by atoms with Crippen molar-refractivity contribution in [2.24, 2.45) is 0 Å². The second-order valence-electron chi connectivity index (χ2n) is 5.78. The number of hydrogen-bond donors (Lipinski definition) is 1. The van der Waals surface area contributed by atoms with Crippen molar-refractivity contribution in [2.75, 3.05) is 11.9 Å². The number of thiocyanates is 1. The summed E-state index contributed by atoms with van der Waals surface area (Å²) in [4.78, 5) is 25.6. The van der Waals surface area contributed by atoms with Crippen LogP contribution in [0.25, 0.3) is 0 Å². The zero-order valence-corrected chi connectivity index (χ0v) is 16.8. The van der Waals surface area contributed by atoms with Gasteiger partial charge in [-0.1, -0.05) is 23.8 Å². The quantitative estimate of drug-likeness (QED) is 0.444. The van der Waals surface area contributed by atoms with Gasteiger partial charge in [0.1, 0.15) is 15.3 Å². The van der Waals surface area contributed by atoms with E-state index in [1.165, 1.54) is 0 Å². The summed E-state index contributed by atoms with van der Waals surface area (Å²) in [6.45, 7) is 7.70. The summed E-state index contributed by atoms with van der Waals surface area (Å²) in [5.41, 5.74) is 3.75. The van der Waals surface area contributed by atoms with E-state index in [0.717, 1.165) is 39.8 Å². The van der Waals surface area contributed by atoms with E-state index in [9.17, 15) is 9.59 Å². The first-order chi connectivity index (χ1) is 12.4. The van der Waals surface area contributed by atoms with Crippen LogP contribution in [-0.4, -0.2) is 18.5 Å². The molecule has 1 aromatic heterocycles. The van der Waals surface area contributed by atoms with E-state index in [-0.39, 0.29) is 18.9 Å². The maximum Gasteiger partial charge on any atom is 0.348 e. The van der Waals surface area contributed by atoms with Crippen LogP contribution in [0.5, 0.6) is 0 Å². The van der Waals surface area contributed by atoms with Gasteiger partial charge in [-0.2, -0.15) is 5.26 Å². The van der Waals surface area contributed by atoms with Crippen molar-refractivity contribution in [1.82, 2.24) is 0 Å². The molecule has 0 aliphatic carbocycles. The number of amides is 1. The molecule has 0 spiro atoms. The highest BCUT2D eigenvalue weighted by atomic mass is 32.2. The molecule has 26 heavy (non-hydrogen) atoms. The Morgan fingerprint density at radius 3 is 2.69 bits per heavy atom. The lowest BCUT2D eigenvalue weighted by atomic mass is 10.0. The fourth-order valence-corrected chi connectivity index (χ4v) is 4.29. The Morgan fingerprint density at radius 2 is 2.04 bits per heavy atom. The first kappa shape index (κ1) is 20.0. The van der Waals surface area contributed by atoms with Crippen LogP contribution >= 0.6 is 23.1 Å². The minimum atomic E-state index is -0.440. The molecule has 136 valence electrons. The Bertz CT molecular complexity index is 882. The molecular formula is C19H20N2O3S2. The first-order valence-electron chi connectivity index (χ1n) is 8.09. The standard InChI is InChI=1S/C19H20N2O3S2/c1-5-24-19(23)17-13(4)16(25-10-20)18(26-17)21-15(22)9-14-8-11(2)6-7-12(14)3/h6-8H,5,9H2,1-4H3,(H,21,22). The highest BCUT2D eigenvalue weighted by molar-refractivity contribution is 8.04. The second kappa shape index (κ2) is 8.88. The predicted molar refractivity (Wildman–Crippen MR) is 105 cm³/mol. The van der Waals surface area contributed by atoms with Crippen LogP contribution in [0.3, 0.4) is 0 Å². The third-order valence-corrected chi connectivity index (χ3v) is 5.93. The molecular weight excluding hydrogens is 368 g/mol. The normalized spacial score (nSPS) is 10.3. The number of esters is 1. The third-order valence-electron chi connectivity index (χ3n) is 3.81. The third kappa shape index (κ3) is 4.65. The maximum atomic E-state index is 12.5. The molecule has 2 aromatic rings. The van der Waals surface area contributed by atoms with Crippen LogP contribution in [-0.2, 0) is 16.0 Å². The number of benzene rings is 1. The number of anilines is 1. The van der Waals surface area contributed by atoms with Crippen molar-refractivity contribution in [3.63, 3.8) is 0 Å². The fraction of sp³-hybridized carbons (Fsp3) is 0.316. The lowest BCUT2D eigenvalue weighted by Gasteiger charge is -2.08. The van der Waals surface area contributed by atoms with Gasteiger partial charge in [0.05, 0.1) is 17.9 Å². The Balaban J connectivity index is 2.26. The minimum absolute atomic E-state index is 0.185. The number of thiophene rings is 1. The van der Waals surface area contributed by atoms with Gasteiger partial charge in [0, 0.05) is 0 Å². The smallest absolute Gasteiger partial charge is 0.348 e. The summed E-state index contributed by atoms with van der Waals surface area (Å²) in [5.74, 6) is -0.625. The monoisotopic (exact) mass is 388 g/mol. The molecule has 2 rings (SSSR count). The molecule has 0 fully saturated rings. The number of ether oxygens (including phenoxy) is 1. The number of hydrogen-bond acceptors (Lipinski definition) is 6. The summed E-state index contributed by atoms with van der Waals surface area (Å²) in [5, 5.41) is 14.4. The molecule has 0 unspecified atom stereocenters. The molecule has 0 saturated carbocycles. The first-order valence-corrected chi connectivity index (χ1v) is 9.73. The fourth-order valence-electron chi connectivity index (χ4n) is 2.48. The molecule has 0 atom stereocenters. The second-order valence-corrected chi connectivity index (χ2v) is 7.60. The summed E-state index contributed by atoms with van der Waals surface area (Å²) in [7, 11) is 0. The van der Waals surface area contributed by atoms with Gasteiger partial charge < -0.3 is 10.1 Å². The largest absolute Gasteiger partial charge is 0.462 e. The molecule has 0 aliphatic rings. The van der Waals surface area contributed by atoms with Crippen LogP contribution in [0, 0.1) is 31.4 Å². The average molecular weight is 389 g/mol. The van der Waals surface area contributed by atoms with Crippen LogP contribution in [0.2, 0.25) is 0 Å². The molecule has 0 aliphatic heterocycles. The number of nitriles is 1. The lowest BCUT2D eigenvalue weighted by Crippen LogP contribution is -2.14. The zero-order chi connectivity index (χ0) is 19.3. The number of carbonyl (C=O) groups is 2. The Kier molecular flexibility index (Phi) is 6.83. The topological polar surface area (TPSA) is 79.2 Å². The van der Waals surface area contributed by atoms with E-state index >= 15 is 0 Å². The van der Waals surface area contributed by atoms with E-state index in [0.29, 0.717) is 20.3 Å². The Hall–Kier alpha value is -2.30. The van der Waals surface area contributed by atoms with Gasteiger partial charge >= 0.3 is 5.97 Å². The zero-order valence-electron chi connectivity index (χ0n) is 15.1. The maximum absolute atomic E-state index is 12.5. The summed E-state index contributed by atoms with van der Waals surface area (Å²) in [6.07, 6.45) is 0.232. The number of aryl methyl sites for hydroxylation is 2. The molecule has 0 bridgehead atoms. The lowest BCUT2D eigenvalue weighted by molar-refractivity contribution is -0.115. The van der Waals surface area contributed by atoms with Gasteiger partial charge in [-0.15, -0.1) is 11.3 Å². The van der Waals surface area contributed by atoms with E-state index in [1.807, 2.05) is 37.4 Å². The SMILES string of the molecule is CCOC(=O)c1sc(NC(=O)Cc2cc(C)ccc2C)c(SC#N)c1C. The van der Waals surface area contributed by atoms with Gasteiger partial charge in [-0.3, -0.25) is 4.79 Å². The molecule has 1 amide bonds. The van der Waals surface area contributed by atoms with E-state index in [4.69, 9.17) is 10.00 Å². The highest BCUT2D eigenvalue weighted by Gasteiger charge is 2.23. The van der Waals surface area contributed by atoms with Crippen molar-refractivity contribution >= 4 is 40.0 Å². The van der Waals surface area contributed by atoms with Gasteiger partial charge in [0.25, 0.3) is 0 Å². The molecule has 1 N–H and O–H groups in total. The van der Waals surface area contributed by atoms with Gasteiger partial charge in [0.15, 0.2) is 0 Å². The molecule has 0 radical (unpaired) electrons. The van der Waals surface area contributed by atoms with Crippen molar-refractivity contribution in [3.8, 4) is 5.40 Å². The van der Waals surface area contributed by atoms with Crippen LogP contribution in [0.1, 0.15) is 38.8 Å².